The second-order valence-electron chi connectivity index (χ2n) is 1.68. The molecule has 0 aromatic rings. The molecule has 0 amide bonds. The van der Waals surface area contributed by atoms with Crippen molar-refractivity contribution < 1.29 is 12.6 Å². The molecule has 0 fully saturated rings. The van der Waals surface area contributed by atoms with Gasteiger partial charge in [0.2, 0.25) is 0 Å². The summed E-state index contributed by atoms with van der Waals surface area (Å²) in [6.07, 6.45) is 0.508. The van der Waals surface area contributed by atoms with E-state index >= 15 is 0 Å². The molecular formula is C5H9NO3S. The summed E-state index contributed by atoms with van der Waals surface area (Å²) in [4.78, 5) is 0. The van der Waals surface area contributed by atoms with Crippen LogP contribution in [0.5, 0.6) is 0 Å². The average molecular weight is 163 g/mol. The van der Waals surface area contributed by atoms with Gasteiger partial charge in [-0.1, -0.05) is 6.92 Å². The minimum absolute atomic E-state index is 0.0192. The van der Waals surface area contributed by atoms with Gasteiger partial charge in [-0.25, -0.2) is 0 Å². The summed E-state index contributed by atoms with van der Waals surface area (Å²) in [5.74, 6) is -0.0192. The first kappa shape index (κ1) is 9.40. The SMILES string of the molecule is CCCS(=O)(=O)OCC#N. The largest absolute Gasteiger partial charge is 0.268 e. The highest BCUT2D eigenvalue weighted by Crippen LogP contribution is 1.94. The predicted octanol–water partition coefficient (Wildman–Crippen LogP) is 0.266. The smallest absolute Gasteiger partial charge is 0.255 e. The maximum absolute atomic E-state index is 10.6. The van der Waals surface area contributed by atoms with Crippen molar-refractivity contribution in [2.45, 2.75) is 13.3 Å². The fourth-order valence-electron chi connectivity index (χ4n) is 0.425. The molecule has 0 aliphatic carbocycles. The van der Waals surface area contributed by atoms with E-state index < -0.39 is 10.1 Å². The van der Waals surface area contributed by atoms with Crippen LogP contribution in [-0.2, 0) is 14.3 Å². The Labute approximate surface area is 60.5 Å². The van der Waals surface area contributed by atoms with E-state index in [1.165, 1.54) is 0 Å². The van der Waals surface area contributed by atoms with Crippen LogP contribution >= 0.6 is 0 Å². The van der Waals surface area contributed by atoms with E-state index in [0.29, 0.717) is 6.42 Å². The molecule has 0 aliphatic rings. The zero-order valence-electron chi connectivity index (χ0n) is 5.70. The maximum Gasteiger partial charge on any atom is 0.268 e. The van der Waals surface area contributed by atoms with Crippen LogP contribution in [0.15, 0.2) is 0 Å². The van der Waals surface area contributed by atoms with Crippen LogP contribution in [0.1, 0.15) is 13.3 Å². The number of nitrogens with zero attached hydrogens (tertiary/aromatic N) is 1. The third-order valence-corrected chi connectivity index (χ3v) is 2.14. The van der Waals surface area contributed by atoms with Gasteiger partial charge < -0.3 is 0 Å². The standard InChI is InChI=1S/C5H9NO3S/c1-2-5-10(7,8)9-4-3-6/h2,4-5H2,1H3. The lowest BCUT2D eigenvalue weighted by Gasteiger charge is -1.97. The first-order chi connectivity index (χ1) is 4.62. The van der Waals surface area contributed by atoms with Gasteiger partial charge in [-0.3, -0.25) is 4.18 Å². The van der Waals surface area contributed by atoms with E-state index in [1.807, 2.05) is 0 Å². The van der Waals surface area contributed by atoms with E-state index in [1.54, 1.807) is 13.0 Å². The van der Waals surface area contributed by atoms with Crippen molar-refractivity contribution in [3.63, 3.8) is 0 Å². The molecule has 0 spiro atoms. The Kier molecular flexibility index (Phi) is 4.00. The van der Waals surface area contributed by atoms with E-state index in [-0.39, 0.29) is 12.4 Å². The number of hydrogen-bond donors (Lipinski definition) is 0. The van der Waals surface area contributed by atoms with Crippen LogP contribution < -0.4 is 0 Å². The Bertz CT molecular complexity index is 214. The zero-order chi connectivity index (χ0) is 8.04. The number of rotatable bonds is 4. The van der Waals surface area contributed by atoms with Crippen molar-refractivity contribution in [2.75, 3.05) is 12.4 Å². The van der Waals surface area contributed by atoms with Crippen LogP contribution in [-0.4, -0.2) is 20.8 Å². The van der Waals surface area contributed by atoms with Gasteiger partial charge >= 0.3 is 0 Å². The second-order valence-corrected chi connectivity index (χ2v) is 3.44. The van der Waals surface area contributed by atoms with Gasteiger partial charge in [0.15, 0.2) is 6.61 Å². The van der Waals surface area contributed by atoms with Crippen molar-refractivity contribution in [2.24, 2.45) is 0 Å². The van der Waals surface area contributed by atoms with Gasteiger partial charge in [-0.15, -0.1) is 0 Å². The average Bonchev–Trinajstić information content (AvgIpc) is 1.84. The fraction of sp³-hybridized carbons (Fsp3) is 0.800. The van der Waals surface area contributed by atoms with Crippen LogP contribution in [0.25, 0.3) is 0 Å². The van der Waals surface area contributed by atoms with E-state index in [2.05, 4.69) is 4.18 Å². The third-order valence-electron chi connectivity index (χ3n) is 0.757. The molecule has 0 N–H and O–H groups in total. The summed E-state index contributed by atoms with van der Waals surface area (Å²) in [5.41, 5.74) is 0. The van der Waals surface area contributed by atoms with Gasteiger partial charge in [-0.05, 0) is 6.42 Å². The van der Waals surface area contributed by atoms with Gasteiger partial charge in [-0.2, -0.15) is 13.7 Å². The lowest BCUT2D eigenvalue weighted by atomic mass is 10.6. The summed E-state index contributed by atoms with van der Waals surface area (Å²) in [7, 11) is -3.42. The van der Waals surface area contributed by atoms with E-state index in [4.69, 9.17) is 5.26 Å². The third kappa shape index (κ3) is 4.30. The van der Waals surface area contributed by atoms with Crippen molar-refractivity contribution >= 4 is 10.1 Å². The van der Waals surface area contributed by atoms with Gasteiger partial charge in [0.05, 0.1) is 11.8 Å². The molecule has 0 unspecified atom stereocenters. The zero-order valence-corrected chi connectivity index (χ0v) is 6.52. The minimum atomic E-state index is -3.42. The highest BCUT2D eigenvalue weighted by molar-refractivity contribution is 7.86. The molecule has 5 heteroatoms. The van der Waals surface area contributed by atoms with Crippen molar-refractivity contribution in [3.05, 3.63) is 0 Å². The van der Waals surface area contributed by atoms with Crippen molar-refractivity contribution in [3.8, 4) is 6.07 Å². The molecule has 58 valence electrons. The van der Waals surface area contributed by atoms with Gasteiger partial charge in [0.25, 0.3) is 10.1 Å². The Morgan fingerprint density at radius 3 is 2.60 bits per heavy atom. The van der Waals surface area contributed by atoms with Crippen LogP contribution in [0.2, 0.25) is 0 Å². The molecule has 0 bridgehead atoms. The lowest BCUT2D eigenvalue weighted by molar-refractivity contribution is 0.361. The Balaban J connectivity index is 3.80. The first-order valence-electron chi connectivity index (χ1n) is 2.86. The summed E-state index contributed by atoms with van der Waals surface area (Å²) in [6, 6.07) is 1.58. The highest BCUT2D eigenvalue weighted by atomic mass is 32.2. The summed E-state index contributed by atoms with van der Waals surface area (Å²) in [6.45, 7) is 1.34. The molecule has 0 atom stereocenters. The molecule has 0 heterocycles. The number of hydrogen-bond acceptors (Lipinski definition) is 4. The normalized spacial score (nSPS) is 10.8. The van der Waals surface area contributed by atoms with E-state index in [9.17, 15) is 8.42 Å². The number of nitriles is 1. The molecule has 0 saturated carbocycles. The molecule has 10 heavy (non-hydrogen) atoms. The molecular weight excluding hydrogens is 154 g/mol. The van der Waals surface area contributed by atoms with Crippen LogP contribution in [0.3, 0.4) is 0 Å². The summed E-state index contributed by atoms with van der Waals surface area (Å²) >= 11 is 0. The Morgan fingerprint density at radius 1 is 1.60 bits per heavy atom. The minimum Gasteiger partial charge on any atom is -0.255 e. The molecule has 0 rings (SSSR count). The monoisotopic (exact) mass is 163 g/mol. The second kappa shape index (κ2) is 4.25. The predicted molar refractivity (Wildman–Crippen MR) is 35.6 cm³/mol. The summed E-state index contributed by atoms with van der Waals surface area (Å²) in [5, 5.41) is 7.96. The molecule has 0 saturated heterocycles. The van der Waals surface area contributed by atoms with Gasteiger partial charge in [0, 0.05) is 0 Å². The van der Waals surface area contributed by atoms with E-state index in [0.717, 1.165) is 0 Å². The maximum atomic E-state index is 10.6. The van der Waals surface area contributed by atoms with Gasteiger partial charge in [0.1, 0.15) is 0 Å². The van der Waals surface area contributed by atoms with Crippen molar-refractivity contribution in [1.82, 2.24) is 0 Å². The molecule has 4 nitrogen and oxygen atoms in total. The molecule has 0 aromatic heterocycles. The molecule has 0 radical (unpaired) electrons. The quantitative estimate of drug-likeness (QED) is 0.558. The summed E-state index contributed by atoms with van der Waals surface area (Å²) < 4.78 is 25.5. The molecule has 0 aromatic carbocycles. The molecule has 0 aliphatic heterocycles. The first-order valence-corrected chi connectivity index (χ1v) is 4.44. The topological polar surface area (TPSA) is 67.2 Å². The lowest BCUT2D eigenvalue weighted by Crippen LogP contribution is -2.09. The fourth-order valence-corrected chi connectivity index (χ4v) is 1.28. The van der Waals surface area contributed by atoms with Crippen LogP contribution in [0, 0.1) is 11.3 Å². The van der Waals surface area contributed by atoms with Crippen LogP contribution in [0.4, 0.5) is 0 Å². The highest BCUT2D eigenvalue weighted by Gasteiger charge is 2.07. The van der Waals surface area contributed by atoms with Crippen molar-refractivity contribution in [1.29, 1.82) is 5.26 Å². The Morgan fingerprint density at radius 2 is 2.20 bits per heavy atom. The Hall–Kier alpha value is -0.600.